The first kappa shape index (κ1) is 17.9. The summed E-state index contributed by atoms with van der Waals surface area (Å²) in [6.45, 7) is 0. The summed E-state index contributed by atoms with van der Waals surface area (Å²) in [4.78, 5) is 4.12. The van der Waals surface area contributed by atoms with Gasteiger partial charge in [0.2, 0.25) is 5.89 Å². The predicted molar refractivity (Wildman–Crippen MR) is 94.7 cm³/mol. The van der Waals surface area contributed by atoms with Gasteiger partial charge in [0.05, 0.1) is 27.2 Å². The molecule has 3 aromatic rings. The summed E-state index contributed by atoms with van der Waals surface area (Å²) in [5, 5.41) is 0.656. The number of rotatable bonds is 5. The van der Waals surface area contributed by atoms with E-state index in [4.69, 9.17) is 27.6 Å². The SMILES string of the molecule is O=S(=O)(Cc1ccc(Cl)c(Cl)c1)Cc1coc(-c2cccc(F)c2)n1. The molecule has 0 spiro atoms. The van der Waals surface area contributed by atoms with Crippen molar-refractivity contribution in [3.63, 3.8) is 0 Å². The maximum Gasteiger partial charge on any atom is 0.226 e. The van der Waals surface area contributed by atoms with Crippen LogP contribution >= 0.6 is 23.2 Å². The molecular formula is C17H12Cl2FNO3S. The summed E-state index contributed by atoms with van der Waals surface area (Å²) < 4.78 is 43.2. The van der Waals surface area contributed by atoms with Crippen molar-refractivity contribution < 1.29 is 17.2 Å². The Kier molecular flexibility index (Phi) is 5.13. The molecule has 0 saturated heterocycles. The van der Waals surface area contributed by atoms with Crippen molar-refractivity contribution in [1.29, 1.82) is 0 Å². The number of halogens is 3. The number of aromatic nitrogens is 1. The molecule has 1 heterocycles. The van der Waals surface area contributed by atoms with E-state index >= 15 is 0 Å². The largest absolute Gasteiger partial charge is 0.444 e. The molecule has 0 fully saturated rings. The molecule has 0 aliphatic rings. The third kappa shape index (κ3) is 4.60. The van der Waals surface area contributed by atoms with Gasteiger partial charge in [0.25, 0.3) is 0 Å². The highest BCUT2D eigenvalue weighted by Gasteiger charge is 2.17. The van der Waals surface area contributed by atoms with Crippen LogP contribution in [0, 0.1) is 5.82 Å². The molecule has 2 aromatic carbocycles. The summed E-state index contributed by atoms with van der Waals surface area (Å²) in [5.74, 6) is -0.762. The second kappa shape index (κ2) is 7.15. The molecule has 0 saturated carbocycles. The number of hydrogen-bond donors (Lipinski definition) is 0. The van der Waals surface area contributed by atoms with Gasteiger partial charge in [0.15, 0.2) is 9.84 Å². The molecule has 0 aliphatic carbocycles. The van der Waals surface area contributed by atoms with Crippen LogP contribution in [-0.2, 0) is 21.3 Å². The van der Waals surface area contributed by atoms with E-state index in [1.165, 1.54) is 30.5 Å². The zero-order valence-electron chi connectivity index (χ0n) is 12.7. The zero-order valence-corrected chi connectivity index (χ0v) is 15.1. The van der Waals surface area contributed by atoms with Crippen molar-refractivity contribution >= 4 is 33.0 Å². The first-order valence-corrected chi connectivity index (χ1v) is 9.75. The minimum Gasteiger partial charge on any atom is -0.444 e. The number of hydrogen-bond acceptors (Lipinski definition) is 4. The molecule has 0 aliphatic heterocycles. The summed E-state index contributed by atoms with van der Waals surface area (Å²) in [7, 11) is -3.49. The Labute approximate surface area is 154 Å². The van der Waals surface area contributed by atoms with Crippen LogP contribution in [0.3, 0.4) is 0 Å². The lowest BCUT2D eigenvalue weighted by molar-refractivity contribution is 0.570. The van der Waals surface area contributed by atoms with Gasteiger partial charge in [-0.25, -0.2) is 17.8 Å². The Morgan fingerprint density at radius 3 is 2.56 bits per heavy atom. The lowest BCUT2D eigenvalue weighted by Crippen LogP contribution is -2.08. The highest BCUT2D eigenvalue weighted by atomic mass is 35.5. The van der Waals surface area contributed by atoms with Crippen LogP contribution in [0.5, 0.6) is 0 Å². The van der Waals surface area contributed by atoms with E-state index in [0.29, 0.717) is 21.2 Å². The molecule has 4 nitrogen and oxygen atoms in total. The van der Waals surface area contributed by atoms with Crippen LogP contribution < -0.4 is 0 Å². The maximum absolute atomic E-state index is 13.2. The second-order valence-corrected chi connectivity index (χ2v) is 8.31. The minimum absolute atomic E-state index is 0.166. The van der Waals surface area contributed by atoms with Gasteiger partial charge in [-0.3, -0.25) is 0 Å². The minimum atomic E-state index is -3.49. The molecule has 0 amide bonds. The lowest BCUT2D eigenvalue weighted by Gasteiger charge is -2.04. The van der Waals surface area contributed by atoms with Gasteiger partial charge in [-0.1, -0.05) is 35.3 Å². The van der Waals surface area contributed by atoms with E-state index in [0.717, 1.165) is 0 Å². The molecule has 0 N–H and O–H groups in total. The molecule has 1 aromatic heterocycles. The van der Waals surface area contributed by atoms with Crippen molar-refractivity contribution in [3.8, 4) is 11.5 Å². The Hall–Kier alpha value is -1.89. The molecular weight excluding hydrogens is 388 g/mol. The second-order valence-electron chi connectivity index (χ2n) is 5.44. The summed E-state index contributed by atoms with van der Waals surface area (Å²) >= 11 is 11.7. The summed E-state index contributed by atoms with van der Waals surface area (Å²) in [6, 6.07) is 10.4. The van der Waals surface area contributed by atoms with Gasteiger partial charge in [-0.05, 0) is 35.9 Å². The van der Waals surface area contributed by atoms with Crippen molar-refractivity contribution in [2.45, 2.75) is 11.5 Å². The van der Waals surface area contributed by atoms with Crippen LogP contribution in [0.4, 0.5) is 4.39 Å². The number of oxazole rings is 1. The fraction of sp³-hybridized carbons (Fsp3) is 0.118. The van der Waals surface area contributed by atoms with Crippen LogP contribution in [0.2, 0.25) is 10.0 Å². The van der Waals surface area contributed by atoms with Crippen molar-refractivity contribution in [2.75, 3.05) is 0 Å². The van der Waals surface area contributed by atoms with Crippen molar-refractivity contribution in [2.24, 2.45) is 0 Å². The van der Waals surface area contributed by atoms with E-state index in [2.05, 4.69) is 4.98 Å². The van der Waals surface area contributed by atoms with E-state index in [-0.39, 0.29) is 23.1 Å². The average Bonchev–Trinajstić information content (AvgIpc) is 2.98. The number of sulfone groups is 1. The molecule has 3 rings (SSSR count). The number of benzene rings is 2. The molecule has 0 bridgehead atoms. The third-order valence-corrected chi connectivity index (χ3v) is 5.61. The van der Waals surface area contributed by atoms with E-state index < -0.39 is 15.7 Å². The van der Waals surface area contributed by atoms with Gasteiger partial charge in [-0.15, -0.1) is 0 Å². The standard InChI is InChI=1S/C17H12Cl2FNO3S/c18-15-5-4-11(6-16(15)19)9-25(22,23)10-14-8-24-17(21-14)12-2-1-3-13(20)7-12/h1-8H,9-10H2. The van der Waals surface area contributed by atoms with E-state index in [1.807, 2.05) is 0 Å². The molecule has 0 unspecified atom stereocenters. The van der Waals surface area contributed by atoms with Crippen LogP contribution in [0.25, 0.3) is 11.5 Å². The number of nitrogens with zero attached hydrogens (tertiary/aromatic N) is 1. The average molecular weight is 400 g/mol. The Bertz CT molecular complexity index is 1020. The van der Waals surface area contributed by atoms with Gasteiger partial charge in [0, 0.05) is 5.56 Å². The highest BCUT2D eigenvalue weighted by molar-refractivity contribution is 7.89. The van der Waals surface area contributed by atoms with Gasteiger partial charge in [0.1, 0.15) is 12.1 Å². The molecule has 0 radical (unpaired) electrons. The Morgan fingerprint density at radius 2 is 1.84 bits per heavy atom. The highest BCUT2D eigenvalue weighted by Crippen LogP contribution is 2.25. The quantitative estimate of drug-likeness (QED) is 0.611. The fourth-order valence-corrected chi connectivity index (χ4v) is 3.98. The van der Waals surface area contributed by atoms with Crippen molar-refractivity contribution in [3.05, 3.63) is 75.8 Å². The summed E-state index contributed by atoms with van der Waals surface area (Å²) in [6.07, 6.45) is 1.26. The topological polar surface area (TPSA) is 60.2 Å². The molecule has 25 heavy (non-hydrogen) atoms. The normalized spacial score (nSPS) is 11.6. The molecule has 0 atom stereocenters. The van der Waals surface area contributed by atoms with Crippen LogP contribution in [0.15, 0.2) is 53.1 Å². The maximum atomic E-state index is 13.2. The summed E-state index contributed by atoms with van der Waals surface area (Å²) in [5.41, 5.74) is 1.22. The van der Waals surface area contributed by atoms with E-state index in [1.54, 1.807) is 18.2 Å². The first-order valence-electron chi connectivity index (χ1n) is 7.17. The van der Waals surface area contributed by atoms with Gasteiger partial charge in [-0.2, -0.15) is 0 Å². The Balaban J connectivity index is 1.76. The predicted octanol–water partition coefficient (Wildman–Crippen LogP) is 4.90. The van der Waals surface area contributed by atoms with Gasteiger partial charge >= 0.3 is 0 Å². The van der Waals surface area contributed by atoms with Crippen molar-refractivity contribution in [1.82, 2.24) is 4.98 Å². The van der Waals surface area contributed by atoms with E-state index in [9.17, 15) is 12.8 Å². The monoisotopic (exact) mass is 399 g/mol. The smallest absolute Gasteiger partial charge is 0.226 e. The fourth-order valence-electron chi connectivity index (χ4n) is 2.29. The molecule has 8 heteroatoms. The third-order valence-electron chi connectivity index (χ3n) is 3.36. The zero-order chi connectivity index (χ0) is 18.0. The van der Waals surface area contributed by atoms with Crippen LogP contribution in [0.1, 0.15) is 11.3 Å². The Morgan fingerprint density at radius 1 is 1.04 bits per heavy atom. The first-order chi connectivity index (χ1) is 11.8. The molecule has 130 valence electrons. The van der Waals surface area contributed by atoms with Crippen LogP contribution in [-0.4, -0.2) is 13.4 Å². The lowest BCUT2D eigenvalue weighted by atomic mass is 10.2. The van der Waals surface area contributed by atoms with Gasteiger partial charge < -0.3 is 4.42 Å².